The zero-order chi connectivity index (χ0) is 11.7. The standard InChI is InChI=1S/C14H17N3.2H2/c1-2-15-13-7-3-5-10(13)12-9-17-14-11(12)6-4-8-16-14;;/h4-6,8-9,13,15H,2-3,7H2,1H3,(H,16,17);2*1H/t13-;;/m0../s1. The third kappa shape index (κ3) is 1.76. The Morgan fingerprint density at radius 1 is 1.59 bits per heavy atom. The van der Waals surface area contributed by atoms with Gasteiger partial charge in [-0.15, -0.1) is 0 Å². The van der Waals surface area contributed by atoms with E-state index in [1.807, 2.05) is 12.3 Å². The lowest BCUT2D eigenvalue weighted by atomic mass is 10.0. The maximum absolute atomic E-state index is 4.34. The Morgan fingerprint density at radius 2 is 2.53 bits per heavy atom. The fraction of sp³-hybridized carbons (Fsp3) is 0.357. The molecular formula is C14H21N3. The number of fused-ring (bicyclic) bond motifs is 1. The van der Waals surface area contributed by atoms with Gasteiger partial charge in [-0.3, -0.25) is 0 Å². The van der Waals surface area contributed by atoms with E-state index in [4.69, 9.17) is 0 Å². The quantitative estimate of drug-likeness (QED) is 0.851. The number of pyridine rings is 1. The van der Waals surface area contributed by atoms with Gasteiger partial charge in [0.15, 0.2) is 0 Å². The molecule has 1 atom stereocenters. The minimum atomic E-state index is 0. The maximum Gasteiger partial charge on any atom is 0.137 e. The van der Waals surface area contributed by atoms with Gasteiger partial charge in [0.05, 0.1) is 0 Å². The number of hydrogen-bond donors (Lipinski definition) is 2. The SMILES string of the molecule is CCN[C@H]1CCC=C1c1c[nH]c2ncccc12.[HH].[HH]. The van der Waals surface area contributed by atoms with E-state index in [1.54, 1.807) is 0 Å². The second-order valence-electron chi connectivity index (χ2n) is 4.45. The summed E-state index contributed by atoms with van der Waals surface area (Å²) >= 11 is 0. The first-order chi connectivity index (χ1) is 8.40. The summed E-state index contributed by atoms with van der Waals surface area (Å²) in [4.78, 5) is 7.59. The molecule has 2 aromatic rings. The van der Waals surface area contributed by atoms with Gasteiger partial charge < -0.3 is 10.3 Å². The molecule has 2 N–H and O–H groups in total. The Kier molecular flexibility index (Phi) is 2.69. The summed E-state index contributed by atoms with van der Waals surface area (Å²) in [5.74, 6) is 0. The van der Waals surface area contributed by atoms with Crippen molar-refractivity contribution < 1.29 is 2.85 Å². The van der Waals surface area contributed by atoms with Crippen LogP contribution in [-0.2, 0) is 0 Å². The van der Waals surface area contributed by atoms with Crippen LogP contribution < -0.4 is 5.32 Å². The van der Waals surface area contributed by atoms with Crippen molar-refractivity contribution in [1.29, 1.82) is 0 Å². The second-order valence-corrected chi connectivity index (χ2v) is 4.45. The van der Waals surface area contributed by atoms with Crippen LogP contribution in [0.25, 0.3) is 16.6 Å². The number of hydrogen-bond acceptors (Lipinski definition) is 2. The number of aromatic amines is 1. The van der Waals surface area contributed by atoms with Crippen LogP contribution in [-0.4, -0.2) is 22.6 Å². The molecule has 1 aliphatic carbocycles. The highest BCUT2D eigenvalue weighted by Gasteiger charge is 2.21. The van der Waals surface area contributed by atoms with Crippen LogP contribution in [0, 0.1) is 0 Å². The molecule has 3 rings (SSSR count). The Morgan fingerprint density at radius 3 is 3.41 bits per heavy atom. The summed E-state index contributed by atoms with van der Waals surface area (Å²) in [7, 11) is 0. The highest BCUT2D eigenvalue weighted by atomic mass is 14.9. The number of aromatic nitrogens is 2. The molecule has 0 aromatic carbocycles. The summed E-state index contributed by atoms with van der Waals surface area (Å²) < 4.78 is 0. The second kappa shape index (κ2) is 4.34. The summed E-state index contributed by atoms with van der Waals surface area (Å²) in [5, 5.41) is 4.77. The van der Waals surface area contributed by atoms with Crippen LogP contribution in [0.5, 0.6) is 0 Å². The average Bonchev–Trinajstić information content (AvgIpc) is 2.95. The molecule has 17 heavy (non-hydrogen) atoms. The van der Waals surface area contributed by atoms with Crippen LogP contribution in [0.2, 0.25) is 0 Å². The van der Waals surface area contributed by atoms with Crippen LogP contribution in [0.3, 0.4) is 0 Å². The number of rotatable bonds is 3. The van der Waals surface area contributed by atoms with Gasteiger partial charge in [-0.05, 0) is 37.1 Å². The molecular weight excluding hydrogens is 210 g/mol. The molecule has 0 amide bonds. The van der Waals surface area contributed by atoms with Crippen molar-refractivity contribution in [2.75, 3.05) is 6.54 Å². The Labute approximate surface area is 104 Å². The molecule has 0 spiro atoms. The summed E-state index contributed by atoms with van der Waals surface area (Å²) in [6.07, 6.45) is 8.63. The summed E-state index contributed by atoms with van der Waals surface area (Å²) in [6.45, 7) is 3.18. The van der Waals surface area contributed by atoms with Gasteiger partial charge in [0.2, 0.25) is 0 Å². The topological polar surface area (TPSA) is 40.7 Å². The molecule has 2 heterocycles. The Bertz CT molecular complexity index is 563. The number of nitrogens with zero attached hydrogens (tertiary/aromatic N) is 1. The van der Waals surface area contributed by atoms with Crippen LogP contribution in [0.1, 0.15) is 28.2 Å². The monoisotopic (exact) mass is 231 g/mol. The zero-order valence-electron chi connectivity index (χ0n) is 10.0. The van der Waals surface area contributed by atoms with E-state index in [9.17, 15) is 0 Å². The third-order valence-corrected chi connectivity index (χ3v) is 3.41. The van der Waals surface area contributed by atoms with E-state index in [0.717, 1.165) is 12.2 Å². The average molecular weight is 231 g/mol. The van der Waals surface area contributed by atoms with Gasteiger partial charge in [0.25, 0.3) is 0 Å². The molecule has 0 fully saturated rings. The smallest absolute Gasteiger partial charge is 0.137 e. The molecule has 0 radical (unpaired) electrons. The minimum Gasteiger partial charge on any atom is -0.346 e. The van der Waals surface area contributed by atoms with E-state index >= 15 is 0 Å². The molecule has 2 aromatic heterocycles. The van der Waals surface area contributed by atoms with Gasteiger partial charge in [-0.25, -0.2) is 4.98 Å². The first-order valence-electron chi connectivity index (χ1n) is 6.26. The van der Waals surface area contributed by atoms with Crippen molar-refractivity contribution >= 4 is 16.6 Å². The van der Waals surface area contributed by atoms with Gasteiger partial charge in [0.1, 0.15) is 5.65 Å². The molecule has 92 valence electrons. The van der Waals surface area contributed by atoms with Crippen molar-refractivity contribution in [2.45, 2.75) is 25.8 Å². The first kappa shape index (κ1) is 10.5. The summed E-state index contributed by atoms with van der Waals surface area (Å²) in [5.41, 5.74) is 3.70. The van der Waals surface area contributed by atoms with Crippen LogP contribution >= 0.6 is 0 Å². The molecule has 0 aliphatic heterocycles. The van der Waals surface area contributed by atoms with Gasteiger partial charge >= 0.3 is 0 Å². The van der Waals surface area contributed by atoms with Crippen LogP contribution in [0.4, 0.5) is 0 Å². The predicted molar refractivity (Wildman–Crippen MR) is 75.0 cm³/mol. The van der Waals surface area contributed by atoms with E-state index < -0.39 is 0 Å². The van der Waals surface area contributed by atoms with Crippen molar-refractivity contribution in [3.8, 4) is 0 Å². The van der Waals surface area contributed by atoms with Crippen molar-refractivity contribution in [1.82, 2.24) is 15.3 Å². The molecule has 3 nitrogen and oxygen atoms in total. The lowest BCUT2D eigenvalue weighted by Crippen LogP contribution is -2.27. The lowest BCUT2D eigenvalue weighted by Gasteiger charge is -2.15. The Balaban J connectivity index is 0.000000902. The highest BCUT2D eigenvalue weighted by molar-refractivity contribution is 5.92. The van der Waals surface area contributed by atoms with E-state index in [2.05, 4.69) is 40.5 Å². The molecule has 3 heteroatoms. The zero-order valence-corrected chi connectivity index (χ0v) is 10.0. The summed E-state index contributed by atoms with van der Waals surface area (Å²) in [6, 6.07) is 4.63. The van der Waals surface area contributed by atoms with Crippen molar-refractivity contribution in [3.63, 3.8) is 0 Å². The fourth-order valence-electron chi connectivity index (χ4n) is 2.65. The minimum absolute atomic E-state index is 0. The normalized spacial score (nSPS) is 19.8. The van der Waals surface area contributed by atoms with Gasteiger partial charge in [-0.2, -0.15) is 0 Å². The van der Waals surface area contributed by atoms with Crippen LogP contribution in [0.15, 0.2) is 30.6 Å². The molecule has 1 aliphatic rings. The van der Waals surface area contributed by atoms with Crippen molar-refractivity contribution in [3.05, 3.63) is 36.2 Å². The van der Waals surface area contributed by atoms with Gasteiger partial charge in [-0.1, -0.05) is 13.0 Å². The fourth-order valence-corrected chi connectivity index (χ4v) is 2.65. The van der Waals surface area contributed by atoms with E-state index in [-0.39, 0.29) is 2.85 Å². The third-order valence-electron chi connectivity index (χ3n) is 3.41. The highest BCUT2D eigenvalue weighted by Crippen LogP contribution is 2.32. The molecule has 0 saturated heterocycles. The first-order valence-corrected chi connectivity index (χ1v) is 6.26. The predicted octanol–water partition coefficient (Wildman–Crippen LogP) is 3.21. The number of H-pyrrole nitrogens is 1. The maximum atomic E-state index is 4.34. The molecule has 0 saturated carbocycles. The number of nitrogens with one attached hydrogen (secondary N) is 2. The number of allylic oxidation sites excluding steroid dienone is 1. The molecule has 0 bridgehead atoms. The molecule has 0 unspecified atom stereocenters. The van der Waals surface area contributed by atoms with E-state index in [1.165, 1.54) is 29.4 Å². The van der Waals surface area contributed by atoms with E-state index in [0.29, 0.717) is 6.04 Å². The number of likely N-dealkylation sites (N-methyl/N-ethyl adjacent to an activating group) is 1. The largest absolute Gasteiger partial charge is 0.346 e. The van der Waals surface area contributed by atoms with Crippen molar-refractivity contribution in [2.24, 2.45) is 0 Å². The lowest BCUT2D eigenvalue weighted by molar-refractivity contribution is 0.614. The van der Waals surface area contributed by atoms with Gasteiger partial charge in [0, 0.05) is 32.2 Å². The Hall–Kier alpha value is -1.61.